The van der Waals surface area contributed by atoms with Gasteiger partial charge in [-0.25, -0.2) is 8.42 Å². The minimum Gasteiger partial charge on any atom is -0.496 e. The standard InChI is InChI=1S/C18H26N2O5S/c1-13-11-14(5-6-15(13)25-3)26(23,24)20-10-8-18(17(21)22)7-4-9-19(2)16(18)12-20/h5-6,11,16H,4,7-10,12H2,1-3H3,(H,21,22)/t16-,18+/m1/s1. The van der Waals surface area contributed by atoms with Gasteiger partial charge in [-0.15, -0.1) is 0 Å². The minimum absolute atomic E-state index is 0.205. The van der Waals surface area contributed by atoms with Gasteiger partial charge in [0.15, 0.2) is 0 Å². The van der Waals surface area contributed by atoms with Crippen molar-refractivity contribution < 1.29 is 23.1 Å². The zero-order chi connectivity index (χ0) is 19.1. The summed E-state index contributed by atoms with van der Waals surface area (Å²) in [5.74, 6) is -0.175. The Kier molecular flexibility index (Phi) is 5.02. The lowest BCUT2D eigenvalue weighted by atomic mass is 9.69. The van der Waals surface area contributed by atoms with Crippen molar-refractivity contribution in [1.29, 1.82) is 0 Å². The van der Waals surface area contributed by atoms with Crippen LogP contribution in [0.1, 0.15) is 24.8 Å². The van der Waals surface area contributed by atoms with E-state index in [1.807, 2.05) is 11.9 Å². The van der Waals surface area contributed by atoms with Crippen LogP contribution in [0.15, 0.2) is 23.1 Å². The molecule has 0 spiro atoms. The van der Waals surface area contributed by atoms with Crippen LogP contribution in [0.3, 0.4) is 0 Å². The van der Waals surface area contributed by atoms with Gasteiger partial charge in [0.25, 0.3) is 0 Å². The van der Waals surface area contributed by atoms with E-state index in [-0.39, 0.29) is 24.0 Å². The molecule has 1 N–H and O–H groups in total. The molecule has 2 aliphatic rings. The van der Waals surface area contributed by atoms with E-state index in [1.165, 1.54) is 4.31 Å². The third-order valence-electron chi connectivity index (χ3n) is 5.92. The average Bonchev–Trinajstić information content (AvgIpc) is 2.61. The number of sulfonamides is 1. The van der Waals surface area contributed by atoms with Crippen molar-refractivity contribution in [2.75, 3.05) is 33.8 Å². The summed E-state index contributed by atoms with van der Waals surface area (Å²) in [6.45, 7) is 3.02. The van der Waals surface area contributed by atoms with Gasteiger partial charge in [-0.3, -0.25) is 4.79 Å². The van der Waals surface area contributed by atoms with E-state index in [0.717, 1.165) is 18.5 Å². The largest absolute Gasteiger partial charge is 0.496 e. The summed E-state index contributed by atoms with van der Waals surface area (Å²) in [4.78, 5) is 14.2. The fourth-order valence-electron chi connectivity index (χ4n) is 4.34. The molecule has 8 heteroatoms. The first kappa shape index (κ1) is 19.1. The van der Waals surface area contributed by atoms with Crippen LogP contribution < -0.4 is 4.74 Å². The molecule has 0 aromatic heterocycles. The summed E-state index contributed by atoms with van der Waals surface area (Å²) in [7, 11) is -0.247. The van der Waals surface area contributed by atoms with Gasteiger partial charge in [0.1, 0.15) is 5.75 Å². The van der Waals surface area contributed by atoms with E-state index in [4.69, 9.17) is 4.74 Å². The second kappa shape index (κ2) is 6.83. The molecule has 0 unspecified atom stereocenters. The summed E-state index contributed by atoms with van der Waals surface area (Å²) in [6.07, 6.45) is 1.77. The van der Waals surface area contributed by atoms with E-state index in [1.54, 1.807) is 32.2 Å². The highest BCUT2D eigenvalue weighted by molar-refractivity contribution is 7.89. The van der Waals surface area contributed by atoms with Crippen molar-refractivity contribution in [3.8, 4) is 5.75 Å². The monoisotopic (exact) mass is 382 g/mol. The fraction of sp³-hybridized carbons (Fsp3) is 0.611. The van der Waals surface area contributed by atoms with Crippen molar-refractivity contribution in [3.63, 3.8) is 0 Å². The molecule has 7 nitrogen and oxygen atoms in total. The maximum Gasteiger partial charge on any atom is 0.311 e. The molecule has 0 bridgehead atoms. The summed E-state index contributed by atoms with van der Waals surface area (Å²) in [6, 6.07) is 4.50. The van der Waals surface area contributed by atoms with Crippen molar-refractivity contribution >= 4 is 16.0 Å². The SMILES string of the molecule is COc1ccc(S(=O)(=O)N2CC[C@@]3(C(=O)O)CCCN(C)[C@@H]3C2)cc1C. The number of methoxy groups -OCH3 is 1. The second-order valence-electron chi connectivity index (χ2n) is 7.31. The molecule has 2 saturated heterocycles. The summed E-state index contributed by atoms with van der Waals surface area (Å²) in [5, 5.41) is 9.83. The number of benzene rings is 1. The molecule has 3 rings (SSSR count). The summed E-state index contributed by atoms with van der Waals surface area (Å²) >= 11 is 0. The van der Waals surface area contributed by atoms with Gasteiger partial charge in [-0.2, -0.15) is 4.31 Å². The highest BCUT2D eigenvalue weighted by Gasteiger charge is 2.53. The number of piperidine rings is 2. The maximum absolute atomic E-state index is 13.1. The third-order valence-corrected chi connectivity index (χ3v) is 7.78. The molecule has 2 atom stereocenters. The molecule has 2 aliphatic heterocycles. The van der Waals surface area contributed by atoms with Gasteiger partial charge < -0.3 is 14.7 Å². The van der Waals surface area contributed by atoms with Gasteiger partial charge >= 0.3 is 5.97 Å². The number of likely N-dealkylation sites (tertiary alicyclic amines) is 1. The van der Waals surface area contributed by atoms with E-state index < -0.39 is 21.4 Å². The predicted molar refractivity (Wildman–Crippen MR) is 96.8 cm³/mol. The van der Waals surface area contributed by atoms with Crippen molar-refractivity contribution in [3.05, 3.63) is 23.8 Å². The molecule has 144 valence electrons. The number of hydrogen-bond donors (Lipinski definition) is 1. The first-order valence-corrected chi connectivity index (χ1v) is 10.2. The van der Waals surface area contributed by atoms with E-state index >= 15 is 0 Å². The Labute approximate surface area is 154 Å². The number of carbonyl (C=O) groups is 1. The highest BCUT2D eigenvalue weighted by Crippen LogP contribution is 2.43. The summed E-state index contributed by atoms with van der Waals surface area (Å²) in [5.41, 5.74) is -0.102. The Bertz CT molecular complexity index is 810. The number of fused-ring (bicyclic) bond motifs is 1. The van der Waals surface area contributed by atoms with E-state index in [0.29, 0.717) is 18.6 Å². The van der Waals surface area contributed by atoms with Crippen LogP contribution in [0.25, 0.3) is 0 Å². The normalized spacial score (nSPS) is 27.7. The number of likely N-dealkylation sites (N-methyl/N-ethyl adjacent to an activating group) is 1. The van der Waals surface area contributed by atoms with Gasteiger partial charge in [0, 0.05) is 19.1 Å². The molecular weight excluding hydrogens is 356 g/mol. The van der Waals surface area contributed by atoms with Crippen LogP contribution in [0.4, 0.5) is 0 Å². The zero-order valence-electron chi connectivity index (χ0n) is 15.4. The van der Waals surface area contributed by atoms with Gasteiger partial charge in [0.05, 0.1) is 17.4 Å². The Morgan fingerprint density at radius 3 is 2.65 bits per heavy atom. The number of aliphatic carboxylic acids is 1. The Morgan fingerprint density at radius 1 is 1.31 bits per heavy atom. The van der Waals surface area contributed by atoms with E-state index in [9.17, 15) is 18.3 Å². The lowest BCUT2D eigenvalue weighted by molar-refractivity contribution is -0.160. The topological polar surface area (TPSA) is 87.2 Å². The Balaban J connectivity index is 1.91. The molecular formula is C18H26N2O5S. The van der Waals surface area contributed by atoms with Gasteiger partial charge in [0.2, 0.25) is 10.0 Å². The lowest BCUT2D eigenvalue weighted by Gasteiger charge is -2.51. The van der Waals surface area contributed by atoms with Crippen LogP contribution in [-0.4, -0.2) is 68.5 Å². The Morgan fingerprint density at radius 2 is 2.04 bits per heavy atom. The van der Waals surface area contributed by atoms with Crippen molar-refractivity contribution in [2.24, 2.45) is 5.41 Å². The molecule has 0 aliphatic carbocycles. The van der Waals surface area contributed by atoms with Gasteiger partial charge in [-0.1, -0.05) is 0 Å². The number of aryl methyl sites for hydroxylation is 1. The number of carboxylic acid groups (broad SMARTS) is 1. The van der Waals surface area contributed by atoms with Crippen LogP contribution >= 0.6 is 0 Å². The predicted octanol–water partition coefficient (Wildman–Crippen LogP) is 1.56. The van der Waals surface area contributed by atoms with Crippen molar-refractivity contribution in [1.82, 2.24) is 9.21 Å². The first-order chi connectivity index (χ1) is 12.2. The third kappa shape index (κ3) is 3.00. The summed E-state index contributed by atoms with van der Waals surface area (Å²) < 4.78 is 32.9. The molecule has 2 fully saturated rings. The number of ether oxygens (including phenoxy) is 1. The van der Waals surface area contributed by atoms with Crippen LogP contribution in [0, 0.1) is 12.3 Å². The number of hydrogen-bond acceptors (Lipinski definition) is 5. The lowest BCUT2D eigenvalue weighted by Crippen LogP contribution is -2.63. The van der Waals surface area contributed by atoms with Gasteiger partial charge in [-0.05, 0) is 63.5 Å². The quantitative estimate of drug-likeness (QED) is 0.850. The molecule has 1 aromatic rings. The molecule has 26 heavy (non-hydrogen) atoms. The molecule has 2 heterocycles. The number of carboxylic acids is 1. The van der Waals surface area contributed by atoms with Crippen LogP contribution in [0.2, 0.25) is 0 Å². The Hall–Kier alpha value is -1.64. The average molecular weight is 382 g/mol. The molecule has 1 aromatic carbocycles. The zero-order valence-corrected chi connectivity index (χ0v) is 16.3. The van der Waals surface area contributed by atoms with Crippen LogP contribution in [-0.2, 0) is 14.8 Å². The maximum atomic E-state index is 13.1. The molecule has 0 saturated carbocycles. The second-order valence-corrected chi connectivity index (χ2v) is 9.24. The van der Waals surface area contributed by atoms with E-state index in [2.05, 4.69) is 0 Å². The number of rotatable bonds is 4. The molecule has 0 radical (unpaired) electrons. The minimum atomic E-state index is -3.68. The number of nitrogens with zero attached hydrogens (tertiary/aromatic N) is 2. The fourth-order valence-corrected chi connectivity index (χ4v) is 5.87. The molecule has 0 amide bonds. The highest BCUT2D eigenvalue weighted by atomic mass is 32.2. The van der Waals surface area contributed by atoms with Crippen LogP contribution in [0.5, 0.6) is 5.75 Å². The smallest absolute Gasteiger partial charge is 0.311 e. The first-order valence-electron chi connectivity index (χ1n) is 8.81. The van der Waals surface area contributed by atoms with Crippen molar-refractivity contribution in [2.45, 2.75) is 37.1 Å².